The summed E-state index contributed by atoms with van der Waals surface area (Å²) in [5, 5.41) is 2.53. The van der Waals surface area contributed by atoms with Crippen LogP contribution in [0.25, 0.3) is 0 Å². The fourth-order valence-corrected chi connectivity index (χ4v) is 2.39. The van der Waals surface area contributed by atoms with Gasteiger partial charge in [-0.1, -0.05) is 29.8 Å². The van der Waals surface area contributed by atoms with Crippen molar-refractivity contribution in [2.24, 2.45) is 0 Å². The van der Waals surface area contributed by atoms with Gasteiger partial charge in [0.1, 0.15) is 23.9 Å². The SMILES string of the molecule is O=C(COC(=O)c1ccc(COc2ccccc2)o1)Nc1cc(Cl)ccc1F. The Hall–Kier alpha value is -3.32. The molecule has 3 aromatic rings. The van der Waals surface area contributed by atoms with Gasteiger partial charge < -0.3 is 19.2 Å². The highest BCUT2D eigenvalue weighted by molar-refractivity contribution is 6.30. The Kier molecular flexibility index (Phi) is 6.29. The summed E-state index contributed by atoms with van der Waals surface area (Å²) < 4.78 is 29.3. The lowest BCUT2D eigenvalue weighted by atomic mass is 10.3. The van der Waals surface area contributed by atoms with Gasteiger partial charge in [0.25, 0.3) is 5.91 Å². The second-order valence-corrected chi connectivity index (χ2v) is 6.05. The van der Waals surface area contributed by atoms with Crippen LogP contribution in [0.5, 0.6) is 5.75 Å². The van der Waals surface area contributed by atoms with Crippen LogP contribution in [-0.2, 0) is 16.1 Å². The van der Waals surface area contributed by atoms with Crippen molar-refractivity contribution < 1.29 is 27.9 Å². The van der Waals surface area contributed by atoms with Gasteiger partial charge in [-0.2, -0.15) is 0 Å². The van der Waals surface area contributed by atoms with E-state index in [0.717, 1.165) is 6.07 Å². The fraction of sp³-hybridized carbons (Fsp3) is 0.100. The quantitative estimate of drug-likeness (QED) is 0.590. The van der Waals surface area contributed by atoms with E-state index >= 15 is 0 Å². The Morgan fingerprint density at radius 3 is 2.64 bits per heavy atom. The molecule has 3 rings (SSSR count). The first-order chi connectivity index (χ1) is 13.5. The number of carbonyl (C=O) groups is 2. The lowest BCUT2D eigenvalue weighted by Crippen LogP contribution is -2.21. The smallest absolute Gasteiger partial charge is 0.374 e. The number of hydrogen-bond donors (Lipinski definition) is 1. The van der Waals surface area contributed by atoms with E-state index in [4.69, 9.17) is 25.5 Å². The molecule has 0 aliphatic carbocycles. The second kappa shape index (κ2) is 9.05. The zero-order chi connectivity index (χ0) is 19.9. The van der Waals surface area contributed by atoms with Crippen LogP contribution < -0.4 is 10.1 Å². The number of furan rings is 1. The summed E-state index contributed by atoms with van der Waals surface area (Å²) in [7, 11) is 0. The van der Waals surface area contributed by atoms with E-state index < -0.39 is 24.3 Å². The maximum Gasteiger partial charge on any atom is 0.374 e. The zero-order valence-electron chi connectivity index (χ0n) is 14.5. The number of esters is 1. The lowest BCUT2D eigenvalue weighted by Gasteiger charge is -2.07. The number of nitrogens with one attached hydrogen (secondary N) is 1. The third-order valence-corrected chi connectivity index (χ3v) is 3.76. The molecule has 0 bridgehead atoms. The Morgan fingerprint density at radius 1 is 1.07 bits per heavy atom. The van der Waals surface area contributed by atoms with Crippen molar-refractivity contribution in [2.45, 2.75) is 6.61 Å². The molecule has 0 atom stereocenters. The lowest BCUT2D eigenvalue weighted by molar-refractivity contribution is -0.119. The number of rotatable bonds is 7. The Labute approximate surface area is 164 Å². The van der Waals surface area contributed by atoms with Gasteiger partial charge in [-0.15, -0.1) is 0 Å². The number of para-hydroxylation sites is 1. The number of benzene rings is 2. The highest BCUT2D eigenvalue weighted by atomic mass is 35.5. The third kappa shape index (κ3) is 5.34. The van der Waals surface area contributed by atoms with Crippen LogP contribution in [0, 0.1) is 5.82 Å². The molecule has 28 heavy (non-hydrogen) atoms. The van der Waals surface area contributed by atoms with E-state index in [-0.39, 0.29) is 23.1 Å². The van der Waals surface area contributed by atoms with Crippen LogP contribution in [0.1, 0.15) is 16.3 Å². The summed E-state index contributed by atoms with van der Waals surface area (Å²) in [6, 6.07) is 15.8. The van der Waals surface area contributed by atoms with Crippen LogP contribution in [0.15, 0.2) is 65.1 Å². The summed E-state index contributed by atoms with van der Waals surface area (Å²) in [5.41, 5.74) is -0.105. The summed E-state index contributed by atoms with van der Waals surface area (Å²) >= 11 is 5.75. The van der Waals surface area contributed by atoms with E-state index in [0.29, 0.717) is 11.5 Å². The first-order valence-corrected chi connectivity index (χ1v) is 8.57. The molecule has 8 heteroatoms. The number of carbonyl (C=O) groups excluding carboxylic acids is 2. The van der Waals surface area contributed by atoms with Gasteiger partial charge in [-0.05, 0) is 42.5 Å². The molecule has 1 amide bonds. The highest BCUT2D eigenvalue weighted by Crippen LogP contribution is 2.19. The molecule has 0 spiro atoms. The third-order valence-electron chi connectivity index (χ3n) is 3.52. The van der Waals surface area contributed by atoms with E-state index in [9.17, 15) is 14.0 Å². The fourth-order valence-electron chi connectivity index (χ4n) is 2.22. The summed E-state index contributed by atoms with van der Waals surface area (Å²) in [6.07, 6.45) is 0. The maximum atomic E-state index is 13.6. The molecule has 0 aliphatic rings. The minimum absolute atomic E-state index is 0.0756. The predicted octanol–water partition coefficient (Wildman–Crippen LogP) is 4.45. The molecule has 1 heterocycles. The average Bonchev–Trinajstić information content (AvgIpc) is 3.17. The maximum absolute atomic E-state index is 13.6. The molecule has 144 valence electrons. The molecular formula is C20H15ClFNO5. The van der Waals surface area contributed by atoms with Crippen molar-refractivity contribution in [2.75, 3.05) is 11.9 Å². The summed E-state index contributed by atoms with van der Waals surface area (Å²) in [6.45, 7) is -0.479. The molecule has 0 radical (unpaired) electrons. The van der Waals surface area contributed by atoms with Crippen molar-refractivity contribution in [3.8, 4) is 5.75 Å². The second-order valence-electron chi connectivity index (χ2n) is 5.62. The minimum atomic E-state index is -0.826. The topological polar surface area (TPSA) is 77.8 Å². The first-order valence-electron chi connectivity index (χ1n) is 8.20. The van der Waals surface area contributed by atoms with Crippen molar-refractivity contribution in [3.63, 3.8) is 0 Å². The largest absolute Gasteiger partial charge is 0.486 e. The van der Waals surface area contributed by atoms with Crippen molar-refractivity contribution in [1.82, 2.24) is 0 Å². The predicted molar refractivity (Wildman–Crippen MR) is 99.8 cm³/mol. The molecule has 0 aliphatic heterocycles. The van der Waals surface area contributed by atoms with Crippen LogP contribution in [0.3, 0.4) is 0 Å². The van der Waals surface area contributed by atoms with Crippen LogP contribution in [0.4, 0.5) is 10.1 Å². The average molecular weight is 404 g/mol. The van der Waals surface area contributed by atoms with Crippen LogP contribution >= 0.6 is 11.6 Å². The van der Waals surface area contributed by atoms with Gasteiger partial charge in [0.15, 0.2) is 6.61 Å². The molecule has 0 saturated heterocycles. The zero-order valence-corrected chi connectivity index (χ0v) is 15.2. The van der Waals surface area contributed by atoms with Crippen molar-refractivity contribution in [3.05, 3.63) is 83.0 Å². The molecule has 6 nitrogen and oxygen atoms in total. The first kappa shape index (κ1) is 19.4. The number of anilines is 1. The standard InChI is InChI=1S/C20H15ClFNO5/c21-13-6-8-16(22)17(10-13)23-19(24)12-27-20(25)18-9-7-15(28-18)11-26-14-4-2-1-3-5-14/h1-10H,11-12H2,(H,23,24). The minimum Gasteiger partial charge on any atom is -0.486 e. The van der Waals surface area contributed by atoms with E-state index in [1.807, 2.05) is 18.2 Å². The molecule has 1 aromatic heterocycles. The normalized spacial score (nSPS) is 10.4. The van der Waals surface area contributed by atoms with Crippen LogP contribution in [-0.4, -0.2) is 18.5 Å². The summed E-state index contributed by atoms with van der Waals surface area (Å²) in [5.74, 6) is -1.19. The molecule has 0 saturated carbocycles. The Bertz CT molecular complexity index is 974. The molecular weight excluding hydrogens is 389 g/mol. The monoisotopic (exact) mass is 403 g/mol. The van der Waals surface area contributed by atoms with E-state index in [2.05, 4.69) is 5.32 Å². The van der Waals surface area contributed by atoms with Gasteiger partial charge in [-0.25, -0.2) is 9.18 Å². The number of halogens is 2. The van der Waals surface area contributed by atoms with E-state index in [1.165, 1.54) is 18.2 Å². The van der Waals surface area contributed by atoms with Gasteiger partial charge in [0, 0.05) is 5.02 Å². The highest BCUT2D eigenvalue weighted by Gasteiger charge is 2.16. The molecule has 1 N–H and O–H groups in total. The van der Waals surface area contributed by atoms with Crippen molar-refractivity contribution >= 4 is 29.2 Å². The van der Waals surface area contributed by atoms with E-state index in [1.54, 1.807) is 18.2 Å². The summed E-state index contributed by atoms with van der Waals surface area (Å²) in [4.78, 5) is 23.8. The molecule has 2 aromatic carbocycles. The number of hydrogen-bond acceptors (Lipinski definition) is 5. The van der Waals surface area contributed by atoms with Gasteiger partial charge >= 0.3 is 5.97 Å². The van der Waals surface area contributed by atoms with Crippen LogP contribution in [0.2, 0.25) is 5.02 Å². The van der Waals surface area contributed by atoms with Crippen molar-refractivity contribution in [1.29, 1.82) is 0 Å². The number of amides is 1. The molecule has 0 unspecified atom stereocenters. The van der Waals surface area contributed by atoms with Gasteiger partial charge in [0.2, 0.25) is 5.76 Å². The van der Waals surface area contributed by atoms with Gasteiger partial charge in [-0.3, -0.25) is 4.79 Å². The Morgan fingerprint density at radius 2 is 1.86 bits per heavy atom. The number of ether oxygens (including phenoxy) is 2. The van der Waals surface area contributed by atoms with Gasteiger partial charge in [0.05, 0.1) is 5.69 Å². The molecule has 0 fully saturated rings. The Balaban J connectivity index is 1.49.